The fraction of sp³-hybridized carbons (Fsp3) is 0.500. The van der Waals surface area contributed by atoms with E-state index in [1.807, 2.05) is 24.3 Å². The molecule has 1 aliphatic rings. The molecule has 0 saturated carbocycles. The van der Waals surface area contributed by atoms with E-state index in [-0.39, 0.29) is 18.7 Å². The van der Waals surface area contributed by atoms with Crippen molar-refractivity contribution in [1.82, 2.24) is 4.90 Å². The summed E-state index contributed by atoms with van der Waals surface area (Å²) >= 11 is 0. The number of aliphatic hydroxyl groups excluding tert-OH is 1. The van der Waals surface area contributed by atoms with Crippen LogP contribution in [0.25, 0.3) is 6.08 Å². The SMILES string of the molecule is COC(=O)C=Cc1ccc(OCCN2CC(CO)OCC2C)cc1. The smallest absolute Gasteiger partial charge is 0.330 e. The molecule has 1 heterocycles. The average Bonchev–Trinajstić information content (AvgIpc) is 2.62. The minimum atomic E-state index is -0.379. The van der Waals surface area contributed by atoms with E-state index in [1.54, 1.807) is 6.08 Å². The highest BCUT2D eigenvalue weighted by atomic mass is 16.5. The lowest BCUT2D eigenvalue weighted by molar-refractivity contribution is -0.134. The van der Waals surface area contributed by atoms with Gasteiger partial charge in [0.25, 0.3) is 0 Å². The third-order valence-electron chi connectivity index (χ3n) is 3.98. The number of benzene rings is 1. The summed E-state index contributed by atoms with van der Waals surface area (Å²) in [6, 6.07) is 7.83. The summed E-state index contributed by atoms with van der Waals surface area (Å²) in [6.07, 6.45) is 2.97. The maximum Gasteiger partial charge on any atom is 0.330 e. The zero-order valence-electron chi connectivity index (χ0n) is 14.2. The van der Waals surface area contributed by atoms with Crippen molar-refractivity contribution < 1.29 is 24.1 Å². The molecule has 0 bridgehead atoms. The predicted octanol–water partition coefficient (Wildman–Crippen LogP) is 1.33. The minimum Gasteiger partial charge on any atom is -0.492 e. The van der Waals surface area contributed by atoms with Crippen molar-refractivity contribution >= 4 is 12.0 Å². The lowest BCUT2D eigenvalue weighted by Crippen LogP contribution is -2.50. The van der Waals surface area contributed by atoms with Crippen LogP contribution in [0.3, 0.4) is 0 Å². The fourth-order valence-corrected chi connectivity index (χ4v) is 2.49. The van der Waals surface area contributed by atoms with Gasteiger partial charge >= 0.3 is 5.97 Å². The van der Waals surface area contributed by atoms with Crippen molar-refractivity contribution in [3.05, 3.63) is 35.9 Å². The Kier molecular flexibility index (Phi) is 7.24. The lowest BCUT2D eigenvalue weighted by atomic mass is 10.2. The zero-order chi connectivity index (χ0) is 17.4. The maximum absolute atomic E-state index is 11.1. The first-order valence-electron chi connectivity index (χ1n) is 8.07. The van der Waals surface area contributed by atoms with E-state index in [2.05, 4.69) is 16.6 Å². The molecule has 132 valence electrons. The molecule has 2 rings (SSSR count). The van der Waals surface area contributed by atoms with Crippen LogP contribution in [0.2, 0.25) is 0 Å². The van der Waals surface area contributed by atoms with Crippen LogP contribution < -0.4 is 4.74 Å². The third-order valence-corrected chi connectivity index (χ3v) is 3.98. The molecule has 0 aliphatic carbocycles. The number of ether oxygens (including phenoxy) is 3. The number of carbonyl (C=O) groups is 1. The second-order valence-electron chi connectivity index (χ2n) is 5.76. The molecule has 6 heteroatoms. The Balaban J connectivity index is 1.78. The summed E-state index contributed by atoms with van der Waals surface area (Å²) in [5.41, 5.74) is 0.903. The molecule has 2 unspecified atom stereocenters. The largest absolute Gasteiger partial charge is 0.492 e. The van der Waals surface area contributed by atoms with Crippen LogP contribution in [0.15, 0.2) is 30.3 Å². The zero-order valence-corrected chi connectivity index (χ0v) is 14.2. The molecule has 1 aliphatic heterocycles. The molecule has 0 aromatic heterocycles. The van der Waals surface area contributed by atoms with Crippen LogP contribution in [0.4, 0.5) is 0 Å². The Bertz CT molecular complexity index is 543. The van der Waals surface area contributed by atoms with Gasteiger partial charge in [-0.25, -0.2) is 4.79 Å². The quantitative estimate of drug-likeness (QED) is 0.599. The summed E-state index contributed by atoms with van der Waals surface area (Å²) < 4.78 is 15.8. The number of carbonyl (C=O) groups excluding carboxylic acids is 1. The summed E-state index contributed by atoms with van der Waals surface area (Å²) in [6.45, 7) is 4.86. The Morgan fingerprint density at radius 3 is 2.83 bits per heavy atom. The first-order chi connectivity index (χ1) is 11.6. The number of hydrogen-bond acceptors (Lipinski definition) is 6. The van der Waals surface area contributed by atoms with Gasteiger partial charge in [-0.1, -0.05) is 12.1 Å². The van der Waals surface area contributed by atoms with Crippen LogP contribution >= 0.6 is 0 Å². The fourth-order valence-electron chi connectivity index (χ4n) is 2.49. The molecule has 6 nitrogen and oxygen atoms in total. The van der Waals surface area contributed by atoms with E-state index in [9.17, 15) is 9.90 Å². The number of methoxy groups -OCH3 is 1. The number of hydrogen-bond donors (Lipinski definition) is 1. The molecule has 1 aromatic rings. The monoisotopic (exact) mass is 335 g/mol. The van der Waals surface area contributed by atoms with Crippen molar-refractivity contribution in [3.8, 4) is 5.75 Å². The number of rotatable bonds is 7. The predicted molar refractivity (Wildman–Crippen MR) is 90.8 cm³/mol. The summed E-state index contributed by atoms with van der Waals surface area (Å²) in [5, 5.41) is 9.20. The number of esters is 1. The standard InChI is InChI=1S/C18H25NO5/c1-14-13-24-17(12-20)11-19(14)9-10-23-16-6-3-15(4-7-16)5-8-18(21)22-2/h3-8,14,17,20H,9-13H2,1-2H3. The van der Waals surface area contributed by atoms with E-state index >= 15 is 0 Å². The van der Waals surface area contributed by atoms with Gasteiger partial charge in [0, 0.05) is 25.2 Å². The van der Waals surface area contributed by atoms with E-state index in [0.717, 1.165) is 24.4 Å². The van der Waals surface area contributed by atoms with Gasteiger partial charge in [-0.05, 0) is 30.7 Å². The van der Waals surface area contributed by atoms with Crippen LogP contribution in [-0.4, -0.2) is 68.1 Å². The van der Waals surface area contributed by atoms with Gasteiger partial charge in [0.1, 0.15) is 12.4 Å². The van der Waals surface area contributed by atoms with Crippen molar-refractivity contribution in [2.24, 2.45) is 0 Å². The molecule has 1 saturated heterocycles. The summed E-state index contributed by atoms with van der Waals surface area (Å²) in [5.74, 6) is 0.404. The van der Waals surface area contributed by atoms with E-state index in [4.69, 9.17) is 9.47 Å². The van der Waals surface area contributed by atoms with Crippen molar-refractivity contribution in [1.29, 1.82) is 0 Å². The minimum absolute atomic E-state index is 0.0463. The normalized spacial score (nSPS) is 21.8. The maximum atomic E-state index is 11.1. The average molecular weight is 335 g/mol. The first kappa shape index (κ1) is 18.4. The molecule has 1 N–H and O–H groups in total. The van der Waals surface area contributed by atoms with Crippen LogP contribution in [-0.2, 0) is 14.3 Å². The van der Waals surface area contributed by atoms with E-state index in [1.165, 1.54) is 13.2 Å². The van der Waals surface area contributed by atoms with E-state index in [0.29, 0.717) is 19.3 Å². The molecular formula is C18H25NO5. The van der Waals surface area contributed by atoms with Gasteiger partial charge < -0.3 is 19.3 Å². The number of aliphatic hydroxyl groups is 1. The highest BCUT2D eigenvalue weighted by molar-refractivity contribution is 5.86. The van der Waals surface area contributed by atoms with Gasteiger partial charge in [-0.2, -0.15) is 0 Å². The third kappa shape index (κ3) is 5.63. The molecule has 24 heavy (non-hydrogen) atoms. The highest BCUT2D eigenvalue weighted by Crippen LogP contribution is 2.15. The van der Waals surface area contributed by atoms with Crippen molar-refractivity contribution in [2.45, 2.75) is 19.1 Å². The second kappa shape index (κ2) is 9.42. The second-order valence-corrected chi connectivity index (χ2v) is 5.76. The molecule has 0 spiro atoms. The highest BCUT2D eigenvalue weighted by Gasteiger charge is 2.25. The number of morpholine rings is 1. The topological polar surface area (TPSA) is 68.2 Å². The van der Waals surface area contributed by atoms with Gasteiger partial charge in [0.05, 0.1) is 26.4 Å². The molecule has 2 atom stereocenters. The molecule has 1 fully saturated rings. The molecule has 0 amide bonds. The summed E-state index contributed by atoms with van der Waals surface area (Å²) in [7, 11) is 1.35. The molecule has 1 aromatic carbocycles. The lowest BCUT2D eigenvalue weighted by Gasteiger charge is -2.37. The van der Waals surface area contributed by atoms with E-state index < -0.39 is 0 Å². The molecule has 0 radical (unpaired) electrons. The van der Waals surface area contributed by atoms with Crippen molar-refractivity contribution in [2.75, 3.05) is 40.0 Å². The Morgan fingerprint density at radius 2 is 2.17 bits per heavy atom. The van der Waals surface area contributed by atoms with Crippen molar-refractivity contribution in [3.63, 3.8) is 0 Å². The number of nitrogens with zero attached hydrogens (tertiary/aromatic N) is 1. The van der Waals surface area contributed by atoms with Crippen LogP contribution in [0.5, 0.6) is 5.75 Å². The Morgan fingerprint density at radius 1 is 1.42 bits per heavy atom. The van der Waals surface area contributed by atoms with Crippen LogP contribution in [0, 0.1) is 0 Å². The Labute approximate surface area is 142 Å². The van der Waals surface area contributed by atoms with Gasteiger partial charge in [0.15, 0.2) is 0 Å². The van der Waals surface area contributed by atoms with Gasteiger partial charge in [-0.15, -0.1) is 0 Å². The Hall–Kier alpha value is -1.89. The summed E-state index contributed by atoms with van der Waals surface area (Å²) in [4.78, 5) is 13.3. The van der Waals surface area contributed by atoms with Gasteiger partial charge in [0.2, 0.25) is 0 Å². The van der Waals surface area contributed by atoms with Crippen LogP contribution in [0.1, 0.15) is 12.5 Å². The van der Waals surface area contributed by atoms with Gasteiger partial charge in [-0.3, -0.25) is 4.90 Å². The molecular weight excluding hydrogens is 310 g/mol. The first-order valence-corrected chi connectivity index (χ1v) is 8.07.